The summed E-state index contributed by atoms with van der Waals surface area (Å²) in [6.45, 7) is 5.34. The third-order valence-electron chi connectivity index (χ3n) is 3.75. The molecule has 0 radical (unpaired) electrons. The number of anilines is 2. The van der Waals surface area contributed by atoms with Crippen LogP contribution >= 0.6 is 11.8 Å². The Balaban J connectivity index is 1.84. The van der Waals surface area contributed by atoms with E-state index in [1.54, 1.807) is 0 Å². The monoisotopic (exact) mass is 284 g/mol. The van der Waals surface area contributed by atoms with Crippen LogP contribution in [-0.4, -0.2) is 18.4 Å². The Morgan fingerprint density at radius 3 is 1.65 bits per heavy atom. The van der Waals surface area contributed by atoms with Crippen molar-refractivity contribution in [2.45, 2.75) is 13.8 Å². The van der Waals surface area contributed by atoms with Crippen molar-refractivity contribution in [3.05, 3.63) is 59.7 Å². The van der Waals surface area contributed by atoms with E-state index in [1.165, 1.54) is 22.5 Å². The van der Waals surface area contributed by atoms with Crippen LogP contribution in [0.5, 0.6) is 0 Å². The topological polar surface area (TPSA) is 6.48 Å². The van der Waals surface area contributed by atoms with Crippen LogP contribution < -0.4 is 9.80 Å². The first kappa shape index (κ1) is 13.4. The van der Waals surface area contributed by atoms with Gasteiger partial charge in [-0.2, -0.15) is 0 Å². The number of para-hydroxylation sites is 2. The summed E-state index contributed by atoms with van der Waals surface area (Å²) < 4.78 is 0. The third kappa shape index (κ3) is 2.63. The van der Waals surface area contributed by atoms with Gasteiger partial charge < -0.3 is 9.80 Å². The van der Waals surface area contributed by atoms with Gasteiger partial charge in [0.1, 0.15) is 0 Å². The van der Waals surface area contributed by atoms with Crippen LogP contribution in [0.3, 0.4) is 0 Å². The Kier molecular flexibility index (Phi) is 3.88. The first-order valence-electron chi connectivity index (χ1n) is 6.94. The summed E-state index contributed by atoms with van der Waals surface area (Å²) in [4.78, 5) is 4.91. The van der Waals surface area contributed by atoms with Crippen molar-refractivity contribution in [2.75, 3.05) is 28.2 Å². The Morgan fingerprint density at radius 1 is 0.750 bits per heavy atom. The van der Waals surface area contributed by atoms with E-state index in [0.717, 1.165) is 18.4 Å². The molecule has 0 aliphatic carbocycles. The van der Waals surface area contributed by atoms with E-state index in [4.69, 9.17) is 0 Å². The van der Waals surface area contributed by atoms with Gasteiger partial charge in [0.05, 0.1) is 18.4 Å². The molecule has 0 amide bonds. The Morgan fingerprint density at radius 2 is 1.20 bits per heavy atom. The van der Waals surface area contributed by atoms with Crippen molar-refractivity contribution in [1.82, 2.24) is 0 Å². The molecule has 1 aliphatic heterocycles. The molecule has 3 rings (SSSR count). The van der Waals surface area contributed by atoms with Gasteiger partial charge in [-0.15, -0.1) is 11.8 Å². The smallest absolute Gasteiger partial charge is 0.0919 e. The van der Waals surface area contributed by atoms with E-state index in [0.29, 0.717) is 0 Å². The van der Waals surface area contributed by atoms with Crippen molar-refractivity contribution in [2.24, 2.45) is 0 Å². The summed E-state index contributed by atoms with van der Waals surface area (Å²) >= 11 is 1.97. The van der Waals surface area contributed by atoms with Gasteiger partial charge in [0.2, 0.25) is 0 Å². The second-order valence-corrected chi connectivity index (χ2v) is 6.18. The standard InChI is InChI=1S/C17H20N2S/c1-14-7-3-5-9-16(14)18-11-19(13-20-12-18)17-10-6-4-8-15(17)2/h3-10H,11-13H2,1-2H3. The van der Waals surface area contributed by atoms with Gasteiger partial charge in [-0.3, -0.25) is 0 Å². The van der Waals surface area contributed by atoms with Gasteiger partial charge in [0, 0.05) is 11.4 Å². The summed E-state index contributed by atoms with van der Waals surface area (Å²) in [6, 6.07) is 17.3. The van der Waals surface area contributed by atoms with Crippen LogP contribution in [0.2, 0.25) is 0 Å². The van der Waals surface area contributed by atoms with Gasteiger partial charge in [-0.1, -0.05) is 36.4 Å². The maximum absolute atomic E-state index is 2.45. The van der Waals surface area contributed by atoms with Gasteiger partial charge in [0.25, 0.3) is 0 Å². The van der Waals surface area contributed by atoms with Crippen molar-refractivity contribution in [3.63, 3.8) is 0 Å². The molecule has 2 aromatic carbocycles. The molecule has 1 aliphatic rings. The van der Waals surface area contributed by atoms with E-state index >= 15 is 0 Å². The van der Waals surface area contributed by atoms with Crippen molar-refractivity contribution in [3.8, 4) is 0 Å². The minimum Gasteiger partial charge on any atom is -0.344 e. The van der Waals surface area contributed by atoms with Gasteiger partial charge in [-0.25, -0.2) is 0 Å². The predicted molar refractivity (Wildman–Crippen MR) is 89.5 cm³/mol. The van der Waals surface area contributed by atoms with E-state index < -0.39 is 0 Å². The van der Waals surface area contributed by atoms with Crippen LogP contribution in [0.1, 0.15) is 11.1 Å². The second-order valence-electron chi connectivity index (χ2n) is 5.26. The normalized spacial score (nSPS) is 15.5. The van der Waals surface area contributed by atoms with Gasteiger partial charge in [-0.05, 0) is 37.1 Å². The number of aryl methyl sites for hydroxylation is 2. The lowest BCUT2D eigenvalue weighted by atomic mass is 10.2. The van der Waals surface area contributed by atoms with E-state index in [1.807, 2.05) is 11.8 Å². The summed E-state index contributed by atoms with van der Waals surface area (Å²) in [7, 11) is 0. The molecule has 0 unspecified atom stereocenters. The first-order chi connectivity index (χ1) is 9.75. The van der Waals surface area contributed by atoms with E-state index in [-0.39, 0.29) is 0 Å². The number of hydrogen-bond acceptors (Lipinski definition) is 3. The Bertz CT molecular complexity index is 546. The van der Waals surface area contributed by atoms with Crippen LogP contribution in [-0.2, 0) is 0 Å². The highest BCUT2D eigenvalue weighted by Crippen LogP contribution is 2.29. The molecule has 1 saturated heterocycles. The number of thioether (sulfide) groups is 1. The molecule has 0 atom stereocenters. The number of nitrogens with zero attached hydrogens (tertiary/aromatic N) is 2. The van der Waals surface area contributed by atoms with Crippen LogP contribution in [0.4, 0.5) is 11.4 Å². The molecule has 1 fully saturated rings. The minimum absolute atomic E-state index is 0.961. The second kappa shape index (κ2) is 5.80. The summed E-state index contributed by atoms with van der Waals surface area (Å²) in [5.41, 5.74) is 5.39. The molecule has 0 aromatic heterocycles. The molecule has 2 nitrogen and oxygen atoms in total. The van der Waals surface area contributed by atoms with E-state index in [2.05, 4.69) is 72.2 Å². The number of benzene rings is 2. The van der Waals surface area contributed by atoms with Crippen molar-refractivity contribution in [1.29, 1.82) is 0 Å². The fourth-order valence-corrected chi connectivity index (χ4v) is 3.64. The summed E-state index contributed by atoms with van der Waals surface area (Å²) in [6.07, 6.45) is 0. The zero-order valence-corrected chi connectivity index (χ0v) is 12.9. The quantitative estimate of drug-likeness (QED) is 0.814. The SMILES string of the molecule is Cc1ccccc1N1CSCN(c2ccccc2C)C1. The lowest BCUT2D eigenvalue weighted by Crippen LogP contribution is -2.43. The maximum Gasteiger partial charge on any atom is 0.0919 e. The summed E-state index contributed by atoms with van der Waals surface area (Å²) in [5, 5.41) is 0. The molecule has 0 N–H and O–H groups in total. The van der Waals surface area contributed by atoms with E-state index in [9.17, 15) is 0 Å². The Hall–Kier alpha value is -1.61. The third-order valence-corrected chi connectivity index (χ3v) is 4.74. The fourth-order valence-electron chi connectivity index (χ4n) is 2.68. The molecule has 0 saturated carbocycles. The average Bonchev–Trinajstić information content (AvgIpc) is 2.48. The molecule has 3 heteroatoms. The lowest BCUT2D eigenvalue weighted by molar-refractivity contribution is 0.804. The molecular formula is C17H20N2S. The zero-order chi connectivity index (χ0) is 13.9. The van der Waals surface area contributed by atoms with Crippen molar-refractivity contribution < 1.29 is 0 Å². The fraction of sp³-hybridized carbons (Fsp3) is 0.294. The molecule has 104 valence electrons. The summed E-state index contributed by atoms with van der Waals surface area (Å²) in [5.74, 6) is 2.13. The highest BCUT2D eigenvalue weighted by atomic mass is 32.2. The Labute approximate surface area is 125 Å². The first-order valence-corrected chi connectivity index (χ1v) is 8.10. The molecule has 20 heavy (non-hydrogen) atoms. The van der Waals surface area contributed by atoms with Gasteiger partial charge in [0.15, 0.2) is 0 Å². The number of hydrogen-bond donors (Lipinski definition) is 0. The maximum atomic E-state index is 2.45. The van der Waals surface area contributed by atoms with Crippen LogP contribution in [0.15, 0.2) is 48.5 Å². The zero-order valence-electron chi connectivity index (χ0n) is 12.0. The molecule has 0 bridgehead atoms. The largest absolute Gasteiger partial charge is 0.344 e. The van der Waals surface area contributed by atoms with Gasteiger partial charge >= 0.3 is 0 Å². The minimum atomic E-state index is 0.961. The van der Waals surface area contributed by atoms with Crippen LogP contribution in [0, 0.1) is 13.8 Å². The molecular weight excluding hydrogens is 264 g/mol. The van der Waals surface area contributed by atoms with Crippen LogP contribution in [0.25, 0.3) is 0 Å². The number of rotatable bonds is 2. The predicted octanol–water partition coefficient (Wildman–Crippen LogP) is 4.24. The lowest BCUT2D eigenvalue weighted by Gasteiger charge is -2.39. The average molecular weight is 284 g/mol. The highest BCUT2D eigenvalue weighted by Gasteiger charge is 2.20. The highest BCUT2D eigenvalue weighted by molar-refractivity contribution is 7.99. The van der Waals surface area contributed by atoms with Crippen molar-refractivity contribution >= 4 is 23.1 Å². The molecule has 2 aromatic rings. The molecule has 1 heterocycles. The molecule has 0 spiro atoms.